The predicted octanol–water partition coefficient (Wildman–Crippen LogP) is 2.17. The van der Waals surface area contributed by atoms with Gasteiger partial charge >= 0.3 is 0 Å². The SMILES string of the molecule is CCC=C(C)CN1CCC(CNC(=O)c2ccc(=O)[nH]c2)CC1. The van der Waals surface area contributed by atoms with E-state index in [9.17, 15) is 9.59 Å². The number of amides is 1. The molecule has 0 unspecified atom stereocenters. The zero-order valence-corrected chi connectivity index (χ0v) is 14.1. The molecule has 2 heterocycles. The second-order valence-electron chi connectivity index (χ2n) is 6.33. The molecule has 5 nitrogen and oxygen atoms in total. The summed E-state index contributed by atoms with van der Waals surface area (Å²) >= 11 is 0. The minimum absolute atomic E-state index is 0.120. The van der Waals surface area contributed by atoms with Gasteiger partial charge in [0, 0.05) is 25.4 Å². The van der Waals surface area contributed by atoms with Crippen molar-refractivity contribution in [2.24, 2.45) is 5.92 Å². The summed E-state index contributed by atoms with van der Waals surface area (Å²) in [6, 6.07) is 2.93. The molecule has 1 saturated heterocycles. The zero-order valence-electron chi connectivity index (χ0n) is 14.1. The molecule has 1 fully saturated rings. The van der Waals surface area contributed by atoms with Crippen molar-refractivity contribution in [3.05, 3.63) is 45.9 Å². The number of hydrogen-bond donors (Lipinski definition) is 2. The zero-order chi connectivity index (χ0) is 16.7. The van der Waals surface area contributed by atoms with Crippen LogP contribution in [0.2, 0.25) is 0 Å². The van der Waals surface area contributed by atoms with Crippen molar-refractivity contribution in [1.29, 1.82) is 0 Å². The lowest BCUT2D eigenvalue weighted by molar-refractivity contribution is 0.0937. The van der Waals surface area contributed by atoms with Crippen LogP contribution < -0.4 is 10.9 Å². The maximum absolute atomic E-state index is 12.0. The van der Waals surface area contributed by atoms with Gasteiger partial charge in [-0.25, -0.2) is 0 Å². The molecule has 126 valence electrons. The summed E-state index contributed by atoms with van der Waals surface area (Å²) in [5.41, 5.74) is 1.75. The first-order chi connectivity index (χ1) is 11.1. The van der Waals surface area contributed by atoms with Gasteiger partial charge in [0.1, 0.15) is 0 Å². The second kappa shape index (κ2) is 8.67. The smallest absolute Gasteiger partial charge is 0.252 e. The fraction of sp³-hybridized carbons (Fsp3) is 0.556. The summed E-state index contributed by atoms with van der Waals surface area (Å²) in [7, 11) is 0. The quantitative estimate of drug-likeness (QED) is 0.790. The summed E-state index contributed by atoms with van der Waals surface area (Å²) in [5, 5.41) is 2.97. The van der Waals surface area contributed by atoms with Crippen molar-refractivity contribution in [1.82, 2.24) is 15.2 Å². The Morgan fingerprint density at radius 1 is 1.39 bits per heavy atom. The minimum atomic E-state index is -0.193. The molecule has 0 radical (unpaired) electrons. The maximum atomic E-state index is 12.0. The number of aromatic nitrogens is 1. The van der Waals surface area contributed by atoms with Gasteiger partial charge in [-0.1, -0.05) is 18.6 Å². The van der Waals surface area contributed by atoms with Crippen LogP contribution in [0.4, 0.5) is 0 Å². The Balaban J connectivity index is 1.72. The Morgan fingerprint density at radius 3 is 2.74 bits per heavy atom. The predicted molar refractivity (Wildman–Crippen MR) is 92.6 cm³/mol. The van der Waals surface area contributed by atoms with Crippen molar-refractivity contribution >= 4 is 5.91 Å². The molecule has 0 atom stereocenters. The summed E-state index contributed by atoms with van der Waals surface area (Å²) in [6.45, 7) is 8.31. The van der Waals surface area contributed by atoms with E-state index in [0.717, 1.165) is 38.9 Å². The number of nitrogens with zero attached hydrogens (tertiary/aromatic N) is 1. The van der Waals surface area contributed by atoms with Gasteiger partial charge in [0.2, 0.25) is 5.56 Å². The number of pyridine rings is 1. The number of likely N-dealkylation sites (tertiary alicyclic amines) is 1. The number of piperidine rings is 1. The molecule has 1 aliphatic rings. The Morgan fingerprint density at radius 2 is 2.13 bits per heavy atom. The van der Waals surface area contributed by atoms with E-state index < -0.39 is 0 Å². The van der Waals surface area contributed by atoms with E-state index in [1.807, 2.05) is 0 Å². The monoisotopic (exact) mass is 317 g/mol. The molecule has 2 rings (SSSR count). The molecule has 0 spiro atoms. The number of hydrogen-bond acceptors (Lipinski definition) is 3. The fourth-order valence-electron chi connectivity index (χ4n) is 3.01. The highest BCUT2D eigenvalue weighted by Gasteiger charge is 2.19. The summed E-state index contributed by atoms with van der Waals surface area (Å²) in [5.74, 6) is 0.416. The third-order valence-electron chi connectivity index (χ3n) is 4.33. The molecule has 1 aliphatic heterocycles. The van der Waals surface area contributed by atoms with Crippen LogP contribution in [0.15, 0.2) is 34.8 Å². The molecule has 1 aromatic heterocycles. The van der Waals surface area contributed by atoms with Gasteiger partial charge in [-0.2, -0.15) is 0 Å². The molecule has 5 heteroatoms. The Kier molecular flexibility index (Phi) is 6.59. The topological polar surface area (TPSA) is 65.2 Å². The molecule has 2 N–H and O–H groups in total. The number of H-pyrrole nitrogens is 1. The summed E-state index contributed by atoms with van der Waals surface area (Å²) < 4.78 is 0. The number of nitrogens with one attached hydrogen (secondary N) is 2. The van der Waals surface area contributed by atoms with Gasteiger partial charge in [0.05, 0.1) is 5.56 Å². The van der Waals surface area contributed by atoms with E-state index in [2.05, 4.69) is 35.1 Å². The molecule has 0 aromatic carbocycles. The van der Waals surface area contributed by atoms with Crippen molar-refractivity contribution < 1.29 is 4.79 Å². The number of allylic oxidation sites excluding steroid dienone is 1. The first-order valence-electron chi connectivity index (χ1n) is 8.43. The summed E-state index contributed by atoms with van der Waals surface area (Å²) in [6.07, 6.45) is 7.08. The van der Waals surface area contributed by atoms with Gasteiger partial charge in [-0.15, -0.1) is 0 Å². The van der Waals surface area contributed by atoms with Crippen LogP contribution in [0, 0.1) is 5.92 Å². The lowest BCUT2D eigenvalue weighted by Crippen LogP contribution is -2.39. The van der Waals surface area contributed by atoms with Crippen molar-refractivity contribution in [2.45, 2.75) is 33.1 Å². The molecule has 23 heavy (non-hydrogen) atoms. The van der Waals surface area contributed by atoms with E-state index in [0.29, 0.717) is 18.0 Å². The van der Waals surface area contributed by atoms with E-state index in [-0.39, 0.29) is 11.5 Å². The Labute approximate surface area is 137 Å². The van der Waals surface area contributed by atoms with Crippen LogP contribution in [-0.2, 0) is 0 Å². The van der Waals surface area contributed by atoms with Crippen LogP contribution in [0.25, 0.3) is 0 Å². The first kappa shape index (κ1) is 17.5. The van der Waals surface area contributed by atoms with E-state index in [1.165, 1.54) is 17.8 Å². The Bertz CT molecular complexity index is 578. The standard InChI is InChI=1S/C18H27N3O2/c1-3-4-14(2)13-21-9-7-15(8-10-21)11-20-18(23)16-5-6-17(22)19-12-16/h4-6,12,15H,3,7-11,13H2,1-2H3,(H,19,22)(H,20,23). The summed E-state index contributed by atoms with van der Waals surface area (Å²) in [4.78, 5) is 28.0. The maximum Gasteiger partial charge on any atom is 0.252 e. The molecular weight excluding hydrogens is 290 g/mol. The first-order valence-corrected chi connectivity index (χ1v) is 8.43. The van der Waals surface area contributed by atoms with Gasteiger partial charge < -0.3 is 10.3 Å². The van der Waals surface area contributed by atoms with Crippen molar-refractivity contribution in [3.63, 3.8) is 0 Å². The lowest BCUT2D eigenvalue weighted by Gasteiger charge is -2.32. The molecular formula is C18H27N3O2. The van der Waals surface area contributed by atoms with Crippen LogP contribution in [0.5, 0.6) is 0 Å². The van der Waals surface area contributed by atoms with Crippen LogP contribution in [-0.4, -0.2) is 42.0 Å². The van der Waals surface area contributed by atoms with Gasteiger partial charge in [0.15, 0.2) is 0 Å². The second-order valence-corrected chi connectivity index (χ2v) is 6.33. The number of aromatic amines is 1. The molecule has 0 saturated carbocycles. The largest absolute Gasteiger partial charge is 0.352 e. The molecule has 1 amide bonds. The van der Waals surface area contributed by atoms with Crippen molar-refractivity contribution in [3.8, 4) is 0 Å². The van der Waals surface area contributed by atoms with E-state index in [1.54, 1.807) is 6.07 Å². The fourth-order valence-corrected chi connectivity index (χ4v) is 3.01. The number of carbonyl (C=O) groups excluding carboxylic acids is 1. The molecule has 1 aromatic rings. The van der Waals surface area contributed by atoms with Gasteiger partial charge in [-0.3, -0.25) is 14.5 Å². The highest BCUT2D eigenvalue weighted by Crippen LogP contribution is 2.17. The third-order valence-corrected chi connectivity index (χ3v) is 4.33. The van der Waals surface area contributed by atoms with E-state index >= 15 is 0 Å². The Hall–Kier alpha value is -1.88. The average molecular weight is 317 g/mol. The highest BCUT2D eigenvalue weighted by molar-refractivity contribution is 5.93. The lowest BCUT2D eigenvalue weighted by atomic mass is 9.96. The molecule has 0 bridgehead atoms. The van der Waals surface area contributed by atoms with Crippen LogP contribution in [0.3, 0.4) is 0 Å². The normalized spacial score (nSPS) is 17.2. The highest BCUT2D eigenvalue weighted by atomic mass is 16.1. The van der Waals surface area contributed by atoms with Gasteiger partial charge in [0.25, 0.3) is 5.91 Å². The molecule has 0 aliphatic carbocycles. The average Bonchev–Trinajstić information content (AvgIpc) is 2.55. The van der Waals surface area contributed by atoms with Gasteiger partial charge in [-0.05, 0) is 51.3 Å². The van der Waals surface area contributed by atoms with Crippen LogP contribution >= 0.6 is 0 Å². The minimum Gasteiger partial charge on any atom is -0.352 e. The van der Waals surface area contributed by atoms with E-state index in [4.69, 9.17) is 0 Å². The third kappa shape index (κ3) is 5.67. The number of carbonyl (C=O) groups is 1. The van der Waals surface area contributed by atoms with Crippen molar-refractivity contribution in [2.75, 3.05) is 26.2 Å². The number of rotatable bonds is 6. The van der Waals surface area contributed by atoms with Crippen LogP contribution in [0.1, 0.15) is 43.5 Å².